The quantitative estimate of drug-likeness (QED) is 0.831. The van der Waals surface area contributed by atoms with Gasteiger partial charge in [-0.1, -0.05) is 18.2 Å². The van der Waals surface area contributed by atoms with E-state index in [1.165, 1.54) is 0 Å². The van der Waals surface area contributed by atoms with Crippen molar-refractivity contribution >= 4 is 27.4 Å². The molecule has 2 aromatic rings. The molecule has 1 atom stereocenters. The van der Waals surface area contributed by atoms with Gasteiger partial charge in [0.1, 0.15) is 6.04 Å². The lowest BCUT2D eigenvalue weighted by Crippen LogP contribution is -2.32. The molecule has 0 bridgehead atoms. The lowest BCUT2D eigenvalue weighted by Gasteiger charge is -2.07. The second-order valence-electron chi connectivity index (χ2n) is 3.40. The highest BCUT2D eigenvalue weighted by atomic mass is 32.1. The molecule has 78 valence electrons. The predicted octanol–water partition coefficient (Wildman–Crippen LogP) is 1.86. The van der Waals surface area contributed by atoms with Gasteiger partial charge in [-0.25, -0.2) is 0 Å². The van der Waals surface area contributed by atoms with Crippen LogP contribution in [0, 0.1) is 0 Å². The zero-order valence-corrected chi connectivity index (χ0v) is 8.83. The van der Waals surface area contributed by atoms with Crippen LogP contribution in [0.2, 0.25) is 0 Å². The van der Waals surface area contributed by atoms with Gasteiger partial charge in [-0.05, 0) is 28.8 Å². The van der Waals surface area contributed by atoms with E-state index in [9.17, 15) is 4.79 Å². The van der Waals surface area contributed by atoms with Crippen LogP contribution in [0.4, 0.5) is 0 Å². The molecule has 0 aliphatic rings. The first-order valence-electron chi connectivity index (χ1n) is 4.62. The number of aliphatic carboxylic acids is 1. The van der Waals surface area contributed by atoms with Gasteiger partial charge in [-0.3, -0.25) is 4.79 Å². The Balaban J connectivity index is 2.35. The summed E-state index contributed by atoms with van der Waals surface area (Å²) >= 11 is 1.62. The van der Waals surface area contributed by atoms with Crippen LogP contribution in [-0.2, 0) is 11.2 Å². The molecule has 3 nitrogen and oxygen atoms in total. The average Bonchev–Trinajstić information content (AvgIpc) is 2.66. The first-order chi connectivity index (χ1) is 7.18. The van der Waals surface area contributed by atoms with Crippen LogP contribution in [0.15, 0.2) is 29.6 Å². The van der Waals surface area contributed by atoms with Gasteiger partial charge in [0.05, 0.1) is 0 Å². The Kier molecular flexibility index (Phi) is 2.70. The molecule has 1 heterocycles. The van der Waals surface area contributed by atoms with Gasteiger partial charge in [-0.2, -0.15) is 0 Å². The van der Waals surface area contributed by atoms with Gasteiger partial charge in [0, 0.05) is 4.70 Å². The normalized spacial score (nSPS) is 12.9. The molecule has 0 radical (unpaired) electrons. The third kappa shape index (κ3) is 2.00. The Morgan fingerprint density at radius 3 is 3.00 bits per heavy atom. The summed E-state index contributed by atoms with van der Waals surface area (Å²) in [5.41, 5.74) is 6.52. The molecule has 0 saturated heterocycles. The van der Waals surface area contributed by atoms with Crippen LogP contribution in [0.3, 0.4) is 0 Å². The van der Waals surface area contributed by atoms with Crippen LogP contribution in [0.25, 0.3) is 10.1 Å². The average molecular weight is 221 g/mol. The number of nitrogens with two attached hydrogens (primary N) is 1. The fourth-order valence-corrected chi connectivity index (χ4v) is 2.47. The van der Waals surface area contributed by atoms with Crippen LogP contribution in [-0.4, -0.2) is 17.1 Å². The molecule has 1 aromatic heterocycles. The maximum Gasteiger partial charge on any atom is 0.320 e. The molecule has 0 fully saturated rings. The monoisotopic (exact) mass is 221 g/mol. The molecule has 0 spiro atoms. The van der Waals surface area contributed by atoms with Gasteiger partial charge in [0.15, 0.2) is 0 Å². The summed E-state index contributed by atoms with van der Waals surface area (Å²) in [6, 6.07) is 7.08. The Hall–Kier alpha value is -1.39. The third-order valence-corrected chi connectivity index (χ3v) is 3.32. The first kappa shape index (κ1) is 10.1. The largest absolute Gasteiger partial charge is 0.480 e. The molecular weight excluding hydrogens is 210 g/mol. The van der Waals surface area contributed by atoms with E-state index < -0.39 is 12.0 Å². The van der Waals surface area contributed by atoms with Crippen molar-refractivity contribution in [2.24, 2.45) is 5.73 Å². The van der Waals surface area contributed by atoms with Crippen LogP contribution in [0.1, 0.15) is 5.56 Å². The molecule has 2 rings (SSSR count). The minimum absolute atomic E-state index is 0.382. The van der Waals surface area contributed by atoms with Gasteiger partial charge in [-0.15, -0.1) is 11.3 Å². The first-order valence-corrected chi connectivity index (χ1v) is 5.50. The summed E-state index contributed by atoms with van der Waals surface area (Å²) in [6.07, 6.45) is 0.382. The van der Waals surface area contributed by atoms with E-state index in [0.29, 0.717) is 6.42 Å². The highest BCUT2D eigenvalue weighted by molar-refractivity contribution is 7.17. The number of benzene rings is 1. The van der Waals surface area contributed by atoms with Crippen LogP contribution < -0.4 is 5.73 Å². The SMILES string of the molecule is NC(Cc1cccc2ccsc12)C(=O)O. The van der Waals surface area contributed by atoms with E-state index in [1.807, 2.05) is 29.6 Å². The Bertz CT molecular complexity index is 492. The number of carboxylic acids is 1. The summed E-state index contributed by atoms with van der Waals surface area (Å²) in [5.74, 6) is -0.955. The van der Waals surface area contributed by atoms with E-state index >= 15 is 0 Å². The summed E-state index contributed by atoms with van der Waals surface area (Å²) in [5, 5.41) is 11.9. The molecule has 15 heavy (non-hydrogen) atoms. The standard InChI is InChI=1S/C11H11NO2S/c12-9(11(13)14)6-8-3-1-2-7-4-5-15-10(7)8/h1-5,9H,6,12H2,(H,13,14). The van der Waals surface area contributed by atoms with E-state index in [1.54, 1.807) is 11.3 Å². The molecule has 0 amide bonds. The van der Waals surface area contributed by atoms with Crippen molar-refractivity contribution in [3.63, 3.8) is 0 Å². The number of carboxylic acid groups (broad SMARTS) is 1. The van der Waals surface area contributed by atoms with Crippen molar-refractivity contribution in [3.8, 4) is 0 Å². The second kappa shape index (κ2) is 4.00. The second-order valence-corrected chi connectivity index (χ2v) is 4.32. The smallest absolute Gasteiger partial charge is 0.320 e. The maximum atomic E-state index is 10.7. The molecular formula is C11H11NO2S. The van der Waals surface area contributed by atoms with Crippen molar-refractivity contribution < 1.29 is 9.90 Å². The van der Waals surface area contributed by atoms with Gasteiger partial charge in [0.2, 0.25) is 0 Å². The number of fused-ring (bicyclic) bond motifs is 1. The van der Waals surface area contributed by atoms with E-state index in [0.717, 1.165) is 15.6 Å². The zero-order valence-electron chi connectivity index (χ0n) is 8.01. The van der Waals surface area contributed by atoms with Crippen molar-refractivity contribution in [2.45, 2.75) is 12.5 Å². The number of thiophene rings is 1. The van der Waals surface area contributed by atoms with E-state index in [4.69, 9.17) is 10.8 Å². The highest BCUT2D eigenvalue weighted by Crippen LogP contribution is 2.25. The summed E-state index contributed by atoms with van der Waals surface area (Å²) in [6.45, 7) is 0. The lowest BCUT2D eigenvalue weighted by molar-refractivity contribution is -0.138. The van der Waals surface area contributed by atoms with Gasteiger partial charge in [0.25, 0.3) is 0 Å². The number of rotatable bonds is 3. The fraction of sp³-hybridized carbons (Fsp3) is 0.182. The van der Waals surface area contributed by atoms with Crippen molar-refractivity contribution in [2.75, 3.05) is 0 Å². The third-order valence-electron chi connectivity index (χ3n) is 2.32. The Morgan fingerprint density at radius 1 is 1.47 bits per heavy atom. The summed E-state index contributed by atoms with van der Waals surface area (Å²) in [4.78, 5) is 10.7. The molecule has 4 heteroatoms. The van der Waals surface area contributed by atoms with E-state index in [-0.39, 0.29) is 0 Å². The topological polar surface area (TPSA) is 63.3 Å². The highest BCUT2D eigenvalue weighted by Gasteiger charge is 2.13. The Labute approximate surface area is 91.1 Å². The minimum atomic E-state index is -0.955. The maximum absolute atomic E-state index is 10.7. The summed E-state index contributed by atoms with van der Waals surface area (Å²) < 4.78 is 1.13. The van der Waals surface area contributed by atoms with Crippen molar-refractivity contribution in [1.82, 2.24) is 0 Å². The summed E-state index contributed by atoms with van der Waals surface area (Å²) in [7, 11) is 0. The van der Waals surface area contributed by atoms with Crippen LogP contribution >= 0.6 is 11.3 Å². The molecule has 0 aliphatic heterocycles. The van der Waals surface area contributed by atoms with Crippen LogP contribution in [0.5, 0.6) is 0 Å². The molecule has 0 aliphatic carbocycles. The number of carbonyl (C=O) groups is 1. The molecule has 3 N–H and O–H groups in total. The Morgan fingerprint density at radius 2 is 2.27 bits per heavy atom. The van der Waals surface area contributed by atoms with Crippen molar-refractivity contribution in [1.29, 1.82) is 0 Å². The number of hydrogen-bond acceptors (Lipinski definition) is 3. The van der Waals surface area contributed by atoms with Gasteiger partial charge >= 0.3 is 5.97 Å². The van der Waals surface area contributed by atoms with Crippen molar-refractivity contribution in [3.05, 3.63) is 35.2 Å². The predicted molar refractivity (Wildman–Crippen MR) is 61.1 cm³/mol. The lowest BCUT2D eigenvalue weighted by atomic mass is 10.1. The number of hydrogen-bond donors (Lipinski definition) is 2. The van der Waals surface area contributed by atoms with Gasteiger partial charge < -0.3 is 10.8 Å². The fourth-order valence-electron chi connectivity index (χ4n) is 1.54. The zero-order chi connectivity index (χ0) is 10.8. The molecule has 1 aromatic carbocycles. The minimum Gasteiger partial charge on any atom is -0.480 e. The van der Waals surface area contributed by atoms with E-state index in [2.05, 4.69) is 0 Å². The molecule has 1 unspecified atom stereocenters. The molecule has 0 saturated carbocycles.